The maximum absolute atomic E-state index is 12.0. The fraction of sp³-hybridized carbons (Fsp3) is 0.333. The molecule has 0 fully saturated rings. The zero-order chi connectivity index (χ0) is 16.9. The first kappa shape index (κ1) is 17.0. The number of carboxylic acids is 1. The normalized spacial score (nSPS) is 11.5. The maximum atomic E-state index is 12.0. The molecule has 1 aromatic rings. The SMILES string of the molecule is CCCC(NC(=O)c1cc([N+](=O)[O-])cc([N+](=O)[O-])c1)C(=O)O. The van der Waals surface area contributed by atoms with Crippen LogP contribution in [-0.2, 0) is 4.79 Å². The van der Waals surface area contributed by atoms with Crippen molar-refractivity contribution in [1.29, 1.82) is 0 Å². The Morgan fingerprint density at radius 1 is 1.18 bits per heavy atom. The van der Waals surface area contributed by atoms with Crippen molar-refractivity contribution in [3.8, 4) is 0 Å². The third-order valence-electron chi connectivity index (χ3n) is 2.77. The van der Waals surface area contributed by atoms with Gasteiger partial charge in [-0.3, -0.25) is 25.0 Å². The lowest BCUT2D eigenvalue weighted by Crippen LogP contribution is -2.40. The Balaban J connectivity index is 3.13. The molecule has 0 bridgehead atoms. The second kappa shape index (κ2) is 7.11. The van der Waals surface area contributed by atoms with Crippen molar-refractivity contribution in [2.24, 2.45) is 0 Å². The van der Waals surface area contributed by atoms with Gasteiger partial charge in [-0.15, -0.1) is 0 Å². The van der Waals surface area contributed by atoms with E-state index in [-0.39, 0.29) is 12.0 Å². The number of nitrogens with one attached hydrogen (secondary N) is 1. The highest BCUT2D eigenvalue weighted by Gasteiger charge is 2.23. The molecular formula is C12H13N3O7. The van der Waals surface area contributed by atoms with Crippen LogP contribution in [0.15, 0.2) is 18.2 Å². The number of benzene rings is 1. The van der Waals surface area contributed by atoms with Crippen LogP contribution in [0.5, 0.6) is 0 Å². The average Bonchev–Trinajstić information content (AvgIpc) is 2.45. The number of nitrogens with zero attached hydrogens (tertiary/aromatic N) is 2. The van der Waals surface area contributed by atoms with E-state index in [1.807, 2.05) is 0 Å². The molecule has 0 aliphatic heterocycles. The smallest absolute Gasteiger partial charge is 0.326 e. The van der Waals surface area contributed by atoms with Gasteiger partial charge < -0.3 is 10.4 Å². The molecule has 0 heterocycles. The summed E-state index contributed by atoms with van der Waals surface area (Å²) in [5, 5.41) is 32.6. The van der Waals surface area contributed by atoms with Gasteiger partial charge in [-0.2, -0.15) is 0 Å². The summed E-state index contributed by atoms with van der Waals surface area (Å²) >= 11 is 0. The van der Waals surface area contributed by atoms with Gasteiger partial charge in [-0.05, 0) is 6.42 Å². The topological polar surface area (TPSA) is 153 Å². The number of carboxylic acid groups (broad SMARTS) is 1. The minimum Gasteiger partial charge on any atom is -0.480 e. The highest BCUT2D eigenvalue weighted by molar-refractivity contribution is 5.97. The second-order valence-electron chi connectivity index (χ2n) is 4.41. The third-order valence-corrected chi connectivity index (χ3v) is 2.77. The number of nitro benzene ring substituents is 2. The first-order valence-electron chi connectivity index (χ1n) is 6.23. The number of carbonyl (C=O) groups is 2. The Bertz CT molecular complexity index is 597. The molecule has 118 valence electrons. The zero-order valence-corrected chi connectivity index (χ0v) is 11.5. The van der Waals surface area contributed by atoms with Gasteiger partial charge in [-0.25, -0.2) is 4.79 Å². The first-order chi connectivity index (χ1) is 10.3. The molecule has 0 radical (unpaired) electrons. The van der Waals surface area contributed by atoms with Crippen molar-refractivity contribution in [2.45, 2.75) is 25.8 Å². The van der Waals surface area contributed by atoms with E-state index >= 15 is 0 Å². The molecule has 10 nitrogen and oxygen atoms in total. The van der Waals surface area contributed by atoms with Gasteiger partial charge in [0.25, 0.3) is 17.3 Å². The standard InChI is InChI=1S/C12H13N3O7/c1-2-3-10(12(17)18)13-11(16)7-4-8(14(19)20)6-9(5-7)15(21)22/h4-6,10H,2-3H2,1H3,(H,13,16)(H,17,18). The van der Waals surface area contributed by atoms with Crippen LogP contribution in [0.1, 0.15) is 30.1 Å². The average molecular weight is 311 g/mol. The fourth-order valence-electron chi connectivity index (χ4n) is 1.72. The second-order valence-corrected chi connectivity index (χ2v) is 4.41. The quantitative estimate of drug-likeness (QED) is 0.571. The number of hydrogen-bond acceptors (Lipinski definition) is 6. The van der Waals surface area contributed by atoms with Gasteiger partial charge in [0, 0.05) is 12.1 Å². The molecule has 10 heteroatoms. The number of aliphatic carboxylic acids is 1. The van der Waals surface area contributed by atoms with E-state index in [0.717, 1.165) is 18.2 Å². The Kier molecular flexibility index (Phi) is 5.50. The highest BCUT2D eigenvalue weighted by Crippen LogP contribution is 2.22. The molecule has 2 N–H and O–H groups in total. The van der Waals surface area contributed by atoms with E-state index in [2.05, 4.69) is 5.32 Å². The molecule has 1 amide bonds. The Hall–Kier alpha value is -3.04. The third kappa shape index (κ3) is 4.23. The molecule has 0 aliphatic rings. The van der Waals surface area contributed by atoms with Crippen LogP contribution < -0.4 is 5.32 Å². The lowest BCUT2D eigenvalue weighted by molar-refractivity contribution is -0.394. The van der Waals surface area contributed by atoms with Crippen LogP contribution in [0.25, 0.3) is 0 Å². The number of non-ortho nitro benzene ring substituents is 2. The van der Waals surface area contributed by atoms with Crippen LogP contribution in [0.3, 0.4) is 0 Å². The Morgan fingerprint density at radius 3 is 2.05 bits per heavy atom. The molecular weight excluding hydrogens is 298 g/mol. The molecule has 1 aromatic carbocycles. The van der Waals surface area contributed by atoms with E-state index in [4.69, 9.17) is 5.11 Å². The van der Waals surface area contributed by atoms with Crippen molar-refractivity contribution in [2.75, 3.05) is 0 Å². The largest absolute Gasteiger partial charge is 0.480 e. The molecule has 1 atom stereocenters. The van der Waals surface area contributed by atoms with Gasteiger partial charge in [0.1, 0.15) is 6.04 Å². The van der Waals surface area contributed by atoms with E-state index in [1.54, 1.807) is 6.92 Å². The minimum absolute atomic E-state index is 0.165. The van der Waals surface area contributed by atoms with Gasteiger partial charge in [-0.1, -0.05) is 13.3 Å². The monoisotopic (exact) mass is 311 g/mol. The van der Waals surface area contributed by atoms with Crippen molar-refractivity contribution in [3.63, 3.8) is 0 Å². The van der Waals surface area contributed by atoms with E-state index in [9.17, 15) is 29.8 Å². The van der Waals surface area contributed by atoms with E-state index in [1.165, 1.54) is 0 Å². The van der Waals surface area contributed by atoms with Crippen LogP contribution in [0.2, 0.25) is 0 Å². The number of nitro groups is 2. The molecule has 22 heavy (non-hydrogen) atoms. The van der Waals surface area contributed by atoms with E-state index < -0.39 is 39.1 Å². The number of hydrogen-bond donors (Lipinski definition) is 2. The summed E-state index contributed by atoms with van der Waals surface area (Å²) in [6.07, 6.45) is 0.657. The summed E-state index contributed by atoms with van der Waals surface area (Å²) in [6, 6.07) is 1.26. The molecule has 0 saturated carbocycles. The van der Waals surface area contributed by atoms with Crippen LogP contribution in [0, 0.1) is 20.2 Å². The molecule has 0 aromatic heterocycles. The van der Waals surface area contributed by atoms with Crippen molar-refractivity contribution >= 4 is 23.3 Å². The van der Waals surface area contributed by atoms with Gasteiger partial charge >= 0.3 is 5.97 Å². The lowest BCUT2D eigenvalue weighted by atomic mass is 10.1. The summed E-state index contributed by atoms with van der Waals surface area (Å²) < 4.78 is 0. The van der Waals surface area contributed by atoms with Crippen molar-refractivity contribution in [3.05, 3.63) is 44.0 Å². The molecule has 0 aliphatic carbocycles. The minimum atomic E-state index is -1.25. The first-order valence-corrected chi connectivity index (χ1v) is 6.23. The van der Waals surface area contributed by atoms with Crippen LogP contribution >= 0.6 is 0 Å². The lowest BCUT2D eigenvalue weighted by Gasteiger charge is -2.13. The Morgan fingerprint density at radius 2 is 1.68 bits per heavy atom. The number of amides is 1. The summed E-state index contributed by atoms with van der Waals surface area (Å²) in [5.41, 5.74) is -1.59. The van der Waals surface area contributed by atoms with Gasteiger partial charge in [0.05, 0.1) is 21.5 Å². The van der Waals surface area contributed by atoms with Crippen LogP contribution in [0.4, 0.5) is 11.4 Å². The fourth-order valence-corrected chi connectivity index (χ4v) is 1.72. The summed E-state index contributed by atoms with van der Waals surface area (Å²) in [7, 11) is 0. The number of carbonyl (C=O) groups excluding carboxylic acids is 1. The summed E-state index contributed by atoms with van der Waals surface area (Å²) in [4.78, 5) is 42.7. The Labute approximate surface area is 124 Å². The maximum Gasteiger partial charge on any atom is 0.326 e. The molecule has 1 unspecified atom stereocenters. The van der Waals surface area contributed by atoms with Crippen molar-refractivity contribution in [1.82, 2.24) is 5.32 Å². The molecule has 1 rings (SSSR count). The predicted octanol–water partition coefficient (Wildman–Crippen LogP) is 1.49. The molecule has 0 saturated heterocycles. The summed E-state index contributed by atoms with van der Waals surface area (Å²) in [5.74, 6) is -2.18. The van der Waals surface area contributed by atoms with Crippen LogP contribution in [-0.4, -0.2) is 32.9 Å². The van der Waals surface area contributed by atoms with Gasteiger partial charge in [0.2, 0.25) is 0 Å². The van der Waals surface area contributed by atoms with E-state index in [0.29, 0.717) is 6.42 Å². The molecule has 0 spiro atoms. The van der Waals surface area contributed by atoms with Gasteiger partial charge in [0.15, 0.2) is 0 Å². The highest BCUT2D eigenvalue weighted by atomic mass is 16.6. The predicted molar refractivity (Wildman–Crippen MR) is 73.5 cm³/mol. The summed E-state index contributed by atoms with van der Waals surface area (Å²) in [6.45, 7) is 1.72. The van der Waals surface area contributed by atoms with Crippen molar-refractivity contribution < 1.29 is 24.5 Å². The number of rotatable bonds is 7. The zero-order valence-electron chi connectivity index (χ0n) is 11.5.